The Bertz CT molecular complexity index is 930. The SMILES string of the molecule is Cc1ccc(S(=O)(=O)Nc2ccc3c(c2)CN(C(=O)C2CC2)CC3)s1. The van der Waals surface area contributed by atoms with Crippen molar-refractivity contribution in [2.45, 2.75) is 36.9 Å². The highest BCUT2D eigenvalue weighted by Gasteiger charge is 2.34. The maximum atomic E-state index is 12.5. The van der Waals surface area contributed by atoms with Gasteiger partial charge in [0.1, 0.15) is 4.21 Å². The Morgan fingerprint density at radius 1 is 1.20 bits per heavy atom. The first-order chi connectivity index (χ1) is 11.9. The third-order valence-corrected chi connectivity index (χ3v) is 7.56. The van der Waals surface area contributed by atoms with Crippen molar-refractivity contribution in [2.24, 2.45) is 5.92 Å². The number of carbonyl (C=O) groups is 1. The maximum Gasteiger partial charge on any atom is 0.271 e. The van der Waals surface area contributed by atoms with E-state index in [-0.39, 0.29) is 11.8 Å². The first kappa shape index (κ1) is 16.6. The predicted octanol–water partition coefficient (Wildman–Crippen LogP) is 3.15. The lowest BCUT2D eigenvalue weighted by molar-refractivity contribution is -0.133. The van der Waals surface area contributed by atoms with Gasteiger partial charge in [0.15, 0.2) is 0 Å². The van der Waals surface area contributed by atoms with Gasteiger partial charge in [0.2, 0.25) is 5.91 Å². The van der Waals surface area contributed by atoms with E-state index in [1.165, 1.54) is 16.9 Å². The van der Waals surface area contributed by atoms with Gasteiger partial charge in [-0.2, -0.15) is 0 Å². The van der Waals surface area contributed by atoms with Crippen LogP contribution in [-0.4, -0.2) is 25.8 Å². The highest BCUT2D eigenvalue weighted by molar-refractivity contribution is 7.94. The zero-order chi connectivity index (χ0) is 17.6. The fourth-order valence-electron chi connectivity index (χ4n) is 3.16. The normalized spacial score (nSPS) is 17.2. The first-order valence-electron chi connectivity index (χ1n) is 8.42. The smallest absolute Gasteiger partial charge is 0.271 e. The van der Waals surface area contributed by atoms with Crippen LogP contribution in [0, 0.1) is 12.8 Å². The zero-order valence-corrected chi connectivity index (χ0v) is 15.6. The van der Waals surface area contributed by atoms with Crippen LogP contribution in [0.1, 0.15) is 28.8 Å². The van der Waals surface area contributed by atoms with E-state index in [9.17, 15) is 13.2 Å². The lowest BCUT2D eigenvalue weighted by atomic mass is 9.99. The van der Waals surface area contributed by atoms with E-state index in [2.05, 4.69) is 4.72 Å². The van der Waals surface area contributed by atoms with Crippen LogP contribution in [0.15, 0.2) is 34.5 Å². The molecule has 25 heavy (non-hydrogen) atoms. The summed E-state index contributed by atoms with van der Waals surface area (Å²) >= 11 is 1.25. The largest absolute Gasteiger partial charge is 0.338 e. The molecule has 2 aliphatic rings. The number of anilines is 1. The molecule has 1 fully saturated rings. The molecule has 0 saturated heterocycles. The van der Waals surface area contributed by atoms with Crippen LogP contribution in [0.25, 0.3) is 0 Å². The average molecular weight is 377 g/mol. The third-order valence-electron chi connectivity index (χ3n) is 4.69. The number of hydrogen-bond donors (Lipinski definition) is 1. The summed E-state index contributed by atoms with van der Waals surface area (Å²) in [4.78, 5) is 15.1. The molecule has 1 aliphatic carbocycles. The van der Waals surface area contributed by atoms with E-state index >= 15 is 0 Å². The fourth-order valence-corrected chi connectivity index (χ4v) is 5.49. The molecule has 1 N–H and O–H groups in total. The number of sulfonamides is 1. The van der Waals surface area contributed by atoms with Gasteiger partial charge in [0.05, 0.1) is 0 Å². The van der Waals surface area contributed by atoms with Gasteiger partial charge < -0.3 is 4.90 Å². The molecule has 132 valence electrons. The van der Waals surface area contributed by atoms with E-state index in [1.54, 1.807) is 18.2 Å². The first-order valence-corrected chi connectivity index (χ1v) is 10.7. The minimum absolute atomic E-state index is 0.213. The van der Waals surface area contributed by atoms with Gasteiger partial charge >= 0.3 is 0 Å². The number of hydrogen-bond acceptors (Lipinski definition) is 4. The number of carbonyl (C=O) groups excluding carboxylic acids is 1. The molecule has 0 unspecified atom stereocenters. The van der Waals surface area contributed by atoms with Crippen molar-refractivity contribution >= 4 is 33.0 Å². The zero-order valence-electron chi connectivity index (χ0n) is 14.0. The second kappa shape index (κ2) is 6.14. The monoisotopic (exact) mass is 376 g/mol. The van der Waals surface area contributed by atoms with Crippen LogP contribution in [0.2, 0.25) is 0 Å². The van der Waals surface area contributed by atoms with Crippen LogP contribution in [0.4, 0.5) is 5.69 Å². The molecule has 1 aliphatic heterocycles. The van der Waals surface area contributed by atoms with Crippen LogP contribution in [0.5, 0.6) is 0 Å². The molecule has 2 heterocycles. The van der Waals surface area contributed by atoms with E-state index in [0.717, 1.165) is 36.2 Å². The Kier molecular flexibility index (Phi) is 4.08. The number of benzene rings is 1. The molecule has 5 nitrogen and oxygen atoms in total. The average Bonchev–Trinajstić information content (AvgIpc) is 3.33. The Morgan fingerprint density at radius 3 is 2.68 bits per heavy atom. The molecule has 7 heteroatoms. The Morgan fingerprint density at radius 2 is 2.00 bits per heavy atom. The van der Waals surface area contributed by atoms with Crippen LogP contribution < -0.4 is 4.72 Å². The van der Waals surface area contributed by atoms with Gasteiger partial charge in [-0.3, -0.25) is 9.52 Å². The predicted molar refractivity (Wildman–Crippen MR) is 98.2 cm³/mol. The molecule has 0 bridgehead atoms. The molecule has 1 saturated carbocycles. The van der Waals surface area contributed by atoms with Gasteiger partial charge in [-0.15, -0.1) is 11.3 Å². The van der Waals surface area contributed by atoms with E-state index in [1.807, 2.05) is 24.0 Å². The number of aryl methyl sites for hydroxylation is 1. The molecule has 1 aromatic heterocycles. The summed E-state index contributed by atoms with van der Waals surface area (Å²) in [5.74, 6) is 0.455. The van der Waals surface area contributed by atoms with Gasteiger partial charge in [-0.25, -0.2) is 8.42 Å². The molecular weight excluding hydrogens is 356 g/mol. The van der Waals surface area contributed by atoms with E-state index < -0.39 is 10.0 Å². The van der Waals surface area contributed by atoms with Gasteiger partial charge in [0.25, 0.3) is 10.0 Å². The molecule has 1 aromatic carbocycles. The number of amides is 1. The molecule has 0 radical (unpaired) electrons. The highest BCUT2D eigenvalue weighted by atomic mass is 32.2. The Hall–Kier alpha value is -1.86. The van der Waals surface area contributed by atoms with Gasteiger partial charge in [-0.1, -0.05) is 6.07 Å². The van der Waals surface area contributed by atoms with Crippen molar-refractivity contribution in [1.29, 1.82) is 0 Å². The summed E-state index contributed by atoms with van der Waals surface area (Å²) in [5.41, 5.74) is 2.77. The summed E-state index contributed by atoms with van der Waals surface area (Å²) in [6.45, 7) is 3.20. The van der Waals surface area contributed by atoms with Crippen molar-refractivity contribution in [3.63, 3.8) is 0 Å². The van der Waals surface area contributed by atoms with Crippen LogP contribution >= 0.6 is 11.3 Å². The van der Waals surface area contributed by atoms with Crippen molar-refractivity contribution in [3.05, 3.63) is 46.3 Å². The molecule has 1 amide bonds. The van der Waals surface area contributed by atoms with E-state index in [0.29, 0.717) is 16.4 Å². The Balaban J connectivity index is 1.54. The van der Waals surface area contributed by atoms with Crippen molar-refractivity contribution in [1.82, 2.24) is 4.90 Å². The Labute approximate surface area is 151 Å². The van der Waals surface area contributed by atoms with Crippen molar-refractivity contribution in [2.75, 3.05) is 11.3 Å². The second-order valence-electron chi connectivity index (χ2n) is 6.74. The number of nitrogens with zero attached hydrogens (tertiary/aromatic N) is 1. The quantitative estimate of drug-likeness (QED) is 0.891. The van der Waals surface area contributed by atoms with E-state index in [4.69, 9.17) is 0 Å². The third kappa shape index (κ3) is 3.43. The number of nitrogens with one attached hydrogen (secondary N) is 1. The summed E-state index contributed by atoms with van der Waals surface area (Å²) in [6, 6.07) is 9.05. The lowest BCUT2D eigenvalue weighted by Gasteiger charge is -2.29. The summed E-state index contributed by atoms with van der Waals surface area (Å²) in [7, 11) is -3.56. The van der Waals surface area contributed by atoms with Gasteiger partial charge in [-0.05, 0) is 61.6 Å². The highest BCUT2D eigenvalue weighted by Crippen LogP contribution is 2.33. The standard InChI is InChI=1S/C18H20N2O3S2/c1-12-2-7-17(24-12)25(22,23)19-16-6-5-13-8-9-20(11-15(13)10-16)18(21)14-3-4-14/h2,5-7,10,14,19H,3-4,8-9,11H2,1H3. The summed E-state index contributed by atoms with van der Waals surface area (Å²) < 4.78 is 27.9. The van der Waals surface area contributed by atoms with Crippen molar-refractivity contribution < 1.29 is 13.2 Å². The summed E-state index contributed by atoms with van der Waals surface area (Å²) in [5, 5.41) is 0. The minimum Gasteiger partial charge on any atom is -0.338 e. The topological polar surface area (TPSA) is 66.5 Å². The molecule has 2 aromatic rings. The number of thiophene rings is 1. The second-order valence-corrected chi connectivity index (χ2v) is 9.94. The van der Waals surface area contributed by atoms with Gasteiger partial charge in [0, 0.05) is 29.6 Å². The molecule has 0 atom stereocenters. The summed E-state index contributed by atoms with van der Waals surface area (Å²) in [6.07, 6.45) is 2.83. The van der Waals surface area contributed by atoms with Crippen LogP contribution in [0.3, 0.4) is 0 Å². The van der Waals surface area contributed by atoms with Crippen LogP contribution in [-0.2, 0) is 27.8 Å². The lowest BCUT2D eigenvalue weighted by Crippen LogP contribution is -2.36. The van der Waals surface area contributed by atoms with Crippen molar-refractivity contribution in [3.8, 4) is 0 Å². The molecule has 0 spiro atoms. The fraction of sp³-hybridized carbons (Fsp3) is 0.389. The molecular formula is C18H20N2O3S2. The molecule has 4 rings (SSSR count). The number of fused-ring (bicyclic) bond motifs is 1. The maximum absolute atomic E-state index is 12.5. The number of rotatable bonds is 4. The minimum atomic E-state index is -3.56.